The molecule has 0 spiro atoms. The first-order valence-electron chi connectivity index (χ1n) is 13.5. The van der Waals surface area contributed by atoms with E-state index in [1.165, 1.54) is 32.1 Å². The Morgan fingerprint density at radius 2 is 1.71 bits per heavy atom. The van der Waals surface area contributed by atoms with Crippen molar-refractivity contribution in [1.82, 2.24) is 4.90 Å². The lowest BCUT2D eigenvalue weighted by atomic mass is 9.84. The predicted molar refractivity (Wildman–Crippen MR) is 142 cm³/mol. The molecule has 2 fully saturated rings. The van der Waals surface area contributed by atoms with Crippen LogP contribution in [0.4, 0.5) is 0 Å². The minimum absolute atomic E-state index is 0.0938. The third-order valence-corrected chi connectivity index (χ3v) is 12.6. The highest BCUT2D eigenvalue weighted by Crippen LogP contribution is 2.40. The Labute approximate surface area is 209 Å². The largest absolute Gasteiger partial charge is 0.411 e. The second-order valence-corrected chi connectivity index (χ2v) is 16.7. The molecule has 6 heteroatoms. The topological polar surface area (TPSA) is 51.2 Å². The van der Waals surface area contributed by atoms with E-state index in [1.54, 1.807) is 0 Å². The van der Waals surface area contributed by atoms with Crippen LogP contribution in [0.25, 0.3) is 0 Å². The first-order chi connectivity index (χ1) is 16.2. The van der Waals surface area contributed by atoms with Crippen LogP contribution in [0, 0.1) is 5.92 Å². The zero-order chi connectivity index (χ0) is 24.6. The molecule has 5 nitrogen and oxygen atoms in total. The molecule has 3 rings (SSSR count). The molecule has 1 saturated heterocycles. The number of nitrogens with zero attached hydrogens (tertiary/aromatic N) is 1. The van der Waals surface area contributed by atoms with Gasteiger partial charge >= 0.3 is 0 Å². The Balaban J connectivity index is 1.82. The van der Waals surface area contributed by atoms with Gasteiger partial charge in [-0.25, -0.2) is 0 Å². The highest BCUT2D eigenvalue weighted by molar-refractivity contribution is 6.74. The lowest BCUT2D eigenvalue weighted by molar-refractivity contribution is -0.118. The van der Waals surface area contributed by atoms with Gasteiger partial charge in [0, 0.05) is 19.6 Å². The van der Waals surface area contributed by atoms with Crippen molar-refractivity contribution >= 4 is 8.32 Å². The molecule has 194 valence electrons. The SMILES string of the molecule is CC(C)(C)[Si](C)(C)O[C@H](CC1CCCCC1)[C@H](OCc1ccccc1)[C@@H](O)CN1CCOCC1. The lowest BCUT2D eigenvalue weighted by Crippen LogP contribution is -2.54. The van der Waals surface area contributed by atoms with Crippen LogP contribution in [0.15, 0.2) is 30.3 Å². The molecule has 1 saturated carbocycles. The van der Waals surface area contributed by atoms with Gasteiger partial charge in [0.05, 0.1) is 32.0 Å². The average Bonchev–Trinajstić information content (AvgIpc) is 2.80. The summed E-state index contributed by atoms with van der Waals surface area (Å²) in [4.78, 5) is 2.30. The number of aliphatic hydroxyl groups excluding tert-OH is 1. The molecule has 0 unspecified atom stereocenters. The van der Waals surface area contributed by atoms with Gasteiger partial charge in [0.1, 0.15) is 6.10 Å². The summed E-state index contributed by atoms with van der Waals surface area (Å²) in [6, 6.07) is 10.3. The fourth-order valence-electron chi connectivity index (χ4n) is 4.94. The molecule has 0 amide bonds. The summed E-state index contributed by atoms with van der Waals surface area (Å²) in [7, 11) is -2.05. The molecule has 1 aliphatic heterocycles. The van der Waals surface area contributed by atoms with E-state index in [2.05, 4.69) is 50.9 Å². The van der Waals surface area contributed by atoms with Gasteiger partial charge in [-0.3, -0.25) is 4.90 Å². The monoisotopic (exact) mass is 491 g/mol. The van der Waals surface area contributed by atoms with Crippen molar-refractivity contribution in [3.05, 3.63) is 35.9 Å². The third kappa shape index (κ3) is 8.42. The number of hydrogen-bond donors (Lipinski definition) is 1. The van der Waals surface area contributed by atoms with Gasteiger partial charge < -0.3 is 19.0 Å². The van der Waals surface area contributed by atoms with Gasteiger partial charge in [0.25, 0.3) is 0 Å². The van der Waals surface area contributed by atoms with Crippen LogP contribution in [-0.2, 0) is 20.5 Å². The molecular formula is C28H49NO4Si. The average molecular weight is 492 g/mol. The maximum absolute atomic E-state index is 11.6. The van der Waals surface area contributed by atoms with Crippen LogP contribution in [0.2, 0.25) is 18.1 Å². The van der Waals surface area contributed by atoms with Crippen molar-refractivity contribution in [3.8, 4) is 0 Å². The highest BCUT2D eigenvalue weighted by atomic mass is 28.4. The standard InChI is InChI=1S/C28H49NO4Si/c1-28(2,3)34(4,5)33-26(20-23-12-8-6-9-13-23)27(32-22-24-14-10-7-11-15-24)25(30)21-29-16-18-31-19-17-29/h7,10-11,14-15,23,25-27,30H,6,8-9,12-13,16-22H2,1-5H3/t25-,26+,27+/m0/s1. The summed E-state index contributed by atoms with van der Waals surface area (Å²) in [5, 5.41) is 11.7. The van der Waals surface area contributed by atoms with E-state index in [1.807, 2.05) is 18.2 Å². The molecule has 1 heterocycles. The van der Waals surface area contributed by atoms with Crippen molar-refractivity contribution in [2.24, 2.45) is 5.92 Å². The van der Waals surface area contributed by atoms with Gasteiger partial charge in [0.2, 0.25) is 0 Å². The van der Waals surface area contributed by atoms with Gasteiger partial charge in [-0.05, 0) is 36.0 Å². The van der Waals surface area contributed by atoms with Crippen molar-refractivity contribution in [1.29, 1.82) is 0 Å². The van der Waals surface area contributed by atoms with Crippen LogP contribution in [0.3, 0.4) is 0 Å². The third-order valence-electron chi connectivity index (χ3n) is 8.12. The molecular weight excluding hydrogens is 442 g/mol. The maximum atomic E-state index is 11.6. The molecule has 1 N–H and O–H groups in total. The van der Waals surface area contributed by atoms with Gasteiger partial charge in [-0.1, -0.05) is 83.2 Å². The summed E-state index contributed by atoms with van der Waals surface area (Å²) >= 11 is 0. The maximum Gasteiger partial charge on any atom is 0.192 e. The van der Waals surface area contributed by atoms with Gasteiger partial charge in [0.15, 0.2) is 8.32 Å². The Bertz CT molecular complexity index is 696. The number of hydrogen-bond acceptors (Lipinski definition) is 5. The Morgan fingerprint density at radius 3 is 2.32 bits per heavy atom. The summed E-state index contributed by atoms with van der Waals surface area (Å²) in [5.74, 6) is 0.655. The van der Waals surface area contributed by atoms with Crippen molar-refractivity contribution in [2.75, 3.05) is 32.8 Å². The van der Waals surface area contributed by atoms with E-state index in [4.69, 9.17) is 13.9 Å². The molecule has 34 heavy (non-hydrogen) atoms. The van der Waals surface area contributed by atoms with E-state index in [0.717, 1.165) is 38.3 Å². The molecule has 0 aromatic heterocycles. The quantitative estimate of drug-likeness (QED) is 0.407. The zero-order valence-electron chi connectivity index (χ0n) is 22.3. The van der Waals surface area contributed by atoms with E-state index < -0.39 is 14.4 Å². The van der Waals surface area contributed by atoms with Crippen molar-refractivity contribution in [2.45, 2.75) is 102 Å². The summed E-state index contributed by atoms with van der Waals surface area (Å²) < 4.78 is 19.2. The summed E-state index contributed by atoms with van der Waals surface area (Å²) in [6.45, 7) is 15.8. The first kappa shape index (κ1) is 27.8. The number of ether oxygens (including phenoxy) is 2. The minimum Gasteiger partial charge on any atom is -0.411 e. The van der Waals surface area contributed by atoms with E-state index >= 15 is 0 Å². The minimum atomic E-state index is -2.05. The lowest BCUT2D eigenvalue weighted by Gasteiger charge is -2.44. The first-order valence-corrected chi connectivity index (χ1v) is 16.4. The molecule has 1 aliphatic carbocycles. The fraction of sp³-hybridized carbons (Fsp3) is 0.786. The zero-order valence-corrected chi connectivity index (χ0v) is 23.3. The number of aliphatic hydroxyl groups is 1. The van der Waals surface area contributed by atoms with Crippen LogP contribution >= 0.6 is 0 Å². The van der Waals surface area contributed by atoms with Crippen molar-refractivity contribution in [3.63, 3.8) is 0 Å². The molecule has 1 aromatic carbocycles. The van der Waals surface area contributed by atoms with Gasteiger partial charge in [-0.15, -0.1) is 0 Å². The Hall–Kier alpha value is -0.763. The van der Waals surface area contributed by atoms with Crippen LogP contribution < -0.4 is 0 Å². The molecule has 2 aliphatic rings. The predicted octanol–water partition coefficient (Wildman–Crippen LogP) is 5.63. The summed E-state index contributed by atoms with van der Waals surface area (Å²) in [6.07, 6.45) is 6.43. The van der Waals surface area contributed by atoms with E-state index in [-0.39, 0.29) is 17.2 Å². The number of rotatable bonds is 11. The van der Waals surface area contributed by atoms with Crippen LogP contribution in [-0.4, -0.2) is 69.5 Å². The Kier molecular flexibility index (Phi) is 10.6. The second kappa shape index (κ2) is 13.0. The molecule has 1 aromatic rings. The molecule has 3 atom stereocenters. The van der Waals surface area contributed by atoms with Crippen molar-refractivity contribution < 1.29 is 19.0 Å². The van der Waals surface area contributed by atoms with E-state index in [9.17, 15) is 5.11 Å². The van der Waals surface area contributed by atoms with Gasteiger partial charge in [-0.2, -0.15) is 0 Å². The number of β-amino-alcohol motifs (C(OH)–C–C–N with tert-alkyl or cyclic N) is 1. The molecule has 0 bridgehead atoms. The number of morpholine rings is 1. The molecule has 0 radical (unpaired) electrons. The highest BCUT2D eigenvalue weighted by Gasteiger charge is 2.43. The normalized spacial score (nSPS) is 21.8. The summed E-state index contributed by atoms with van der Waals surface area (Å²) in [5.41, 5.74) is 1.13. The van der Waals surface area contributed by atoms with E-state index in [0.29, 0.717) is 19.1 Å². The second-order valence-electron chi connectivity index (χ2n) is 11.9. The fourth-order valence-corrected chi connectivity index (χ4v) is 6.28. The van der Waals surface area contributed by atoms with Crippen LogP contribution in [0.5, 0.6) is 0 Å². The van der Waals surface area contributed by atoms with Crippen LogP contribution in [0.1, 0.15) is 64.9 Å². The smallest absolute Gasteiger partial charge is 0.192 e. The number of benzene rings is 1. The Morgan fingerprint density at radius 1 is 1.06 bits per heavy atom.